The molecule has 1 aliphatic heterocycles. The van der Waals surface area contributed by atoms with Crippen LogP contribution in [0.15, 0.2) is 29.6 Å². The second-order valence-corrected chi connectivity index (χ2v) is 8.18. The Morgan fingerprint density at radius 1 is 1.32 bits per heavy atom. The molecule has 0 spiro atoms. The molecule has 134 valence electrons. The Labute approximate surface area is 162 Å². The van der Waals surface area contributed by atoms with Crippen molar-refractivity contribution >= 4 is 40.4 Å². The van der Waals surface area contributed by atoms with Crippen molar-refractivity contribution in [3.8, 4) is 0 Å². The molecular formula is C19H23Cl2N2OS+. The number of nitrogens with zero attached hydrogens (tertiary/aromatic N) is 1. The summed E-state index contributed by atoms with van der Waals surface area (Å²) in [6.45, 7) is 4.38. The molecule has 1 atom stereocenters. The van der Waals surface area contributed by atoms with Gasteiger partial charge in [-0.3, -0.25) is 4.79 Å². The molecule has 2 aromatic rings. The van der Waals surface area contributed by atoms with Crippen LogP contribution in [-0.2, 0) is 11.2 Å². The number of nitrogens with two attached hydrogens (primary N) is 1. The third kappa shape index (κ3) is 4.20. The first-order valence-electron chi connectivity index (χ1n) is 8.74. The van der Waals surface area contributed by atoms with Gasteiger partial charge in [0.15, 0.2) is 6.54 Å². The van der Waals surface area contributed by atoms with E-state index in [-0.39, 0.29) is 11.9 Å². The zero-order valence-corrected chi connectivity index (χ0v) is 16.6. The summed E-state index contributed by atoms with van der Waals surface area (Å²) in [7, 11) is 0. The van der Waals surface area contributed by atoms with E-state index in [0.717, 1.165) is 37.9 Å². The van der Waals surface area contributed by atoms with Gasteiger partial charge in [0.05, 0.1) is 12.6 Å². The Bertz CT molecular complexity index is 747. The Morgan fingerprint density at radius 2 is 2.16 bits per heavy atom. The highest BCUT2D eigenvalue weighted by Crippen LogP contribution is 2.40. The molecule has 6 heteroatoms. The fraction of sp³-hybridized carbons (Fsp3) is 0.421. The average molecular weight is 398 g/mol. The smallest absolute Gasteiger partial charge is 0.278 e. The van der Waals surface area contributed by atoms with Crippen molar-refractivity contribution in [2.24, 2.45) is 0 Å². The number of benzene rings is 1. The average Bonchev–Trinajstić information content (AvgIpc) is 3.07. The van der Waals surface area contributed by atoms with Crippen LogP contribution in [0.1, 0.15) is 41.8 Å². The second kappa shape index (κ2) is 8.54. The summed E-state index contributed by atoms with van der Waals surface area (Å²) in [6, 6.07) is 7.56. The number of amides is 1. The van der Waals surface area contributed by atoms with E-state index in [4.69, 9.17) is 23.2 Å². The lowest BCUT2D eigenvalue weighted by Crippen LogP contribution is -2.86. The molecule has 0 unspecified atom stereocenters. The van der Waals surface area contributed by atoms with E-state index in [0.29, 0.717) is 16.6 Å². The number of hydrogen-bond donors (Lipinski definition) is 1. The molecule has 0 bridgehead atoms. The molecule has 1 aromatic carbocycles. The minimum Gasteiger partial charge on any atom is -0.338 e. The van der Waals surface area contributed by atoms with Gasteiger partial charge in [-0.25, -0.2) is 0 Å². The Kier molecular flexibility index (Phi) is 6.39. The highest BCUT2D eigenvalue weighted by atomic mass is 35.5. The molecule has 0 fully saturated rings. The first-order valence-corrected chi connectivity index (χ1v) is 10.4. The molecule has 25 heavy (non-hydrogen) atoms. The molecule has 3 rings (SSSR count). The number of thiophene rings is 1. The van der Waals surface area contributed by atoms with Gasteiger partial charge in [0, 0.05) is 21.5 Å². The van der Waals surface area contributed by atoms with Crippen LogP contribution in [0.4, 0.5) is 0 Å². The van der Waals surface area contributed by atoms with Gasteiger partial charge in [-0.2, -0.15) is 0 Å². The van der Waals surface area contributed by atoms with Crippen LogP contribution in [0.25, 0.3) is 0 Å². The van der Waals surface area contributed by atoms with Crippen LogP contribution in [0.3, 0.4) is 0 Å². The third-order valence-corrected chi connectivity index (χ3v) is 6.18. The molecule has 1 aromatic heterocycles. The molecule has 2 heterocycles. The van der Waals surface area contributed by atoms with Crippen molar-refractivity contribution in [2.45, 2.75) is 32.2 Å². The summed E-state index contributed by atoms with van der Waals surface area (Å²) in [5.74, 6) is 0.170. The Morgan fingerprint density at radius 3 is 2.92 bits per heavy atom. The van der Waals surface area contributed by atoms with Gasteiger partial charge in [-0.05, 0) is 47.5 Å². The van der Waals surface area contributed by atoms with E-state index in [2.05, 4.69) is 23.7 Å². The van der Waals surface area contributed by atoms with E-state index in [1.807, 2.05) is 17.0 Å². The number of hydrogen-bond acceptors (Lipinski definition) is 2. The predicted octanol–water partition coefficient (Wildman–Crippen LogP) is 3.89. The molecule has 3 nitrogen and oxygen atoms in total. The fourth-order valence-corrected chi connectivity index (χ4v) is 4.75. The molecule has 1 aliphatic rings. The quantitative estimate of drug-likeness (QED) is 0.737. The van der Waals surface area contributed by atoms with Crippen LogP contribution in [-0.4, -0.2) is 30.4 Å². The van der Waals surface area contributed by atoms with Crippen molar-refractivity contribution in [1.82, 2.24) is 4.90 Å². The zero-order chi connectivity index (χ0) is 17.8. The number of carbonyl (C=O) groups excluding carboxylic acids is 1. The summed E-state index contributed by atoms with van der Waals surface area (Å²) in [5, 5.41) is 5.43. The topological polar surface area (TPSA) is 36.9 Å². The highest BCUT2D eigenvalue weighted by molar-refractivity contribution is 7.10. The van der Waals surface area contributed by atoms with E-state index < -0.39 is 0 Å². The van der Waals surface area contributed by atoms with Crippen LogP contribution in [0, 0.1) is 0 Å². The summed E-state index contributed by atoms with van der Waals surface area (Å²) < 4.78 is 0. The van der Waals surface area contributed by atoms with Gasteiger partial charge in [0.2, 0.25) is 0 Å². The van der Waals surface area contributed by atoms with E-state index in [1.54, 1.807) is 17.4 Å². The van der Waals surface area contributed by atoms with Crippen molar-refractivity contribution in [1.29, 1.82) is 0 Å². The minimum atomic E-state index is -0.119. The SMILES string of the molecule is CCCC[NH2+]CC(=O)N1CCc2sccc2[C@H]1c1ccc(Cl)cc1Cl. The van der Waals surface area contributed by atoms with Crippen LogP contribution < -0.4 is 5.32 Å². The van der Waals surface area contributed by atoms with Crippen molar-refractivity contribution in [3.63, 3.8) is 0 Å². The predicted molar refractivity (Wildman–Crippen MR) is 105 cm³/mol. The fourth-order valence-electron chi connectivity index (χ4n) is 3.33. The molecule has 2 N–H and O–H groups in total. The summed E-state index contributed by atoms with van der Waals surface area (Å²) >= 11 is 14.3. The van der Waals surface area contributed by atoms with Crippen molar-refractivity contribution in [2.75, 3.05) is 19.6 Å². The highest BCUT2D eigenvalue weighted by Gasteiger charge is 2.34. The molecule has 0 saturated heterocycles. The van der Waals surface area contributed by atoms with E-state index in [9.17, 15) is 4.79 Å². The lowest BCUT2D eigenvalue weighted by Gasteiger charge is -2.36. The summed E-state index contributed by atoms with van der Waals surface area (Å²) in [6.07, 6.45) is 3.19. The van der Waals surface area contributed by atoms with E-state index in [1.165, 1.54) is 10.4 Å². The van der Waals surface area contributed by atoms with Gasteiger partial charge in [0.1, 0.15) is 0 Å². The maximum absolute atomic E-state index is 12.9. The molecule has 0 radical (unpaired) electrons. The standard InChI is InChI=1S/C19H22Cl2N2OS/c1-2-3-8-22-12-18(24)23-9-6-17-15(7-10-25-17)19(23)14-5-4-13(20)11-16(14)21/h4-5,7,10-11,19,22H,2-3,6,8-9,12H2,1H3/p+1/t19-/m1/s1. The summed E-state index contributed by atoms with van der Waals surface area (Å²) in [4.78, 5) is 16.2. The maximum atomic E-state index is 12.9. The Hall–Kier alpha value is -1.07. The van der Waals surface area contributed by atoms with Gasteiger partial charge < -0.3 is 10.2 Å². The zero-order valence-electron chi connectivity index (χ0n) is 14.3. The van der Waals surface area contributed by atoms with Crippen molar-refractivity contribution in [3.05, 3.63) is 55.7 Å². The molecule has 0 aliphatic carbocycles. The lowest BCUT2D eigenvalue weighted by atomic mass is 9.93. The van der Waals surface area contributed by atoms with Crippen LogP contribution in [0.5, 0.6) is 0 Å². The van der Waals surface area contributed by atoms with Crippen molar-refractivity contribution < 1.29 is 10.1 Å². The monoisotopic (exact) mass is 397 g/mol. The summed E-state index contributed by atoms with van der Waals surface area (Å²) in [5.41, 5.74) is 2.15. The van der Waals surface area contributed by atoms with Crippen LogP contribution >= 0.6 is 34.5 Å². The number of fused-ring (bicyclic) bond motifs is 1. The number of quaternary nitrogens is 1. The van der Waals surface area contributed by atoms with Gasteiger partial charge in [0.25, 0.3) is 5.91 Å². The van der Waals surface area contributed by atoms with Gasteiger partial charge in [-0.1, -0.05) is 42.6 Å². The third-order valence-electron chi connectivity index (χ3n) is 4.62. The number of unbranched alkanes of at least 4 members (excludes halogenated alkanes) is 1. The Balaban J connectivity index is 1.88. The van der Waals surface area contributed by atoms with Gasteiger partial charge in [-0.15, -0.1) is 11.3 Å². The maximum Gasteiger partial charge on any atom is 0.278 e. The largest absolute Gasteiger partial charge is 0.338 e. The normalized spacial score (nSPS) is 16.8. The molecular weight excluding hydrogens is 375 g/mol. The number of carbonyl (C=O) groups is 1. The van der Waals surface area contributed by atoms with Gasteiger partial charge >= 0.3 is 0 Å². The first-order chi connectivity index (χ1) is 12.1. The molecule has 0 saturated carbocycles. The second-order valence-electron chi connectivity index (χ2n) is 6.34. The van der Waals surface area contributed by atoms with E-state index >= 15 is 0 Å². The lowest BCUT2D eigenvalue weighted by molar-refractivity contribution is -0.644. The minimum absolute atomic E-state index is 0.119. The number of halogens is 2. The van der Waals surface area contributed by atoms with Crippen LogP contribution in [0.2, 0.25) is 10.0 Å². The number of rotatable bonds is 6. The molecule has 1 amide bonds. The first kappa shape index (κ1) is 18.7.